The molecule has 0 aromatic heterocycles. The Balaban J connectivity index is 2.14. The lowest BCUT2D eigenvalue weighted by atomic mass is 10.2. The number of guanidine groups is 1. The molecule has 0 fully saturated rings. The Morgan fingerprint density at radius 2 is 1.85 bits per heavy atom. The van der Waals surface area contributed by atoms with Crippen LogP contribution in [0.15, 0.2) is 63.2 Å². The summed E-state index contributed by atoms with van der Waals surface area (Å²) in [4.78, 5) is 0. The van der Waals surface area contributed by atoms with Crippen LogP contribution in [0, 0.1) is 0 Å². The van der Waals surface area contributed by atoms with Crippen molar-refractivity contribution in [2.24, 2.45) is 21.7 Å². The topological polar surface area (TPSA) is 86.0 Å². The van der Waals surface area contributed by atoms with Gasteiger partial charge in [-0.2, -0.15) is 5.10 Å². The fraction of sp³-hybridized carbons (Fsp3) is 0. The largest absolute Gasteiger partial charge is 0.456 e. The summed E-state index contributed by atoms with van der Waals surface area (Å²) in [5.41, 5.74) is 11.2. The number of rotatable bonds is 4. The van der Waals surface area contributed by atoms with Gasteiger partial charge in [-0.15, -0.1) is 5.10 Å². The fourth-order valence-electron chi connectivity index (χ4n) is 1.46. The first kappa shape index (κ1) is 14.1. The number of halogens is 1. The number of hydrogen-bond donors (Lipinski definition) is 2. The molecule has 0 aliphatic carbocycles. The third-order valence-corrected chi connectivity index (χ3v) is 2.93. The molecular weight excluding hydrogens is 320 g/mol. The predicted octanol–water partition coefficient (Wildman–Crippen LogP) is 2.85. The van der Waals surface area contributed by atoms with Gasteiger partial charge in [0.1, 0.15) is 11.5 Å². The SMILES string of the molecule is NC(N)=NN=Cc1ccc(Oc2ccccc2)c(Br)c1. The summed E-state index contributed by atoms with van der Waals surface area (Å²) in [5.74, 6) is 1.41. The zero-order valence-corrected chi connectivity index (χ0v) is 12.1. The van der Waals surface area contributed by atoms with Crippen molar-refractivity contribution in [3.05, 3.63) is 58.6 Å². The van der Waals surface area contributed by atoms with Gasteiger partial charge in [-0.3, -0.25) is 0 Å². The highest BCUT2D eigenvalue weighted by atomic mass is 79.9. The van der Waals surface area contributed by atoms with E-state index in [0.29, 0.717) is 0 Å². The quantitative estimate of drug-likeness (QED) is 0.512. The van der Waals surface area contributed by atoms with Gasteiger partial charge in [-0.1, -0.05) is 18.2 Å². The molecule has 0 unspecified atom stereocenters. The van der Waals surface area contributed by atoms with Crippen LogP contribution in [0.2, 0.25) is 0 Å². The summed E-state index contributed by atoms with van der Waals surface area (Å²) in [6, 6.07) is 15.1. The highest BCUT2D eigenvalue weighted by molar-refractivity contribution is 9.10. The van der Waals surface area contributed by atoms with Gasteiger partial charge < -0.3 is 16.2 Å². The number of nitrogens with zero attached hydrogens (tertiary/aromatic N) is 2. The number of hydrogen-bond acceptors (Lipinski definition) is 3. The van der Waals surface area contributed by atoms with Gasteiger partial charge in [0.05, 0.1) is 10.7 Å². The zero-order valence-electron chi connectivity index (χ0n) is 10.5. The smallest absolute Gasteiger partial charge is 0.211 e. The van der Waals surface area contributed by atoms with Gasteiger partial charge in [-0.25, -0.2) is 0 Å². The predicted molar refractivity (Wildman–Crippen MR) is 84.1 cm³/mol. The van der Waals surface area contributed by atoms with Gasteiger partial charge >= 0.3 is 0 Å². The Bertz CT molecular complexity index is 637. The second-order valence-electron chi connectivity index (χ2n) is 3.87. The van der Waals surface area contributed by atoms with Crippen molar-refractivity contribution < 1.29 is 4.74 Å². The van der Waals surface area contributed by atoms with E-state index in [1.54, 1.807) is 6.21 Å². The van der Waals surface area contributed by atoms with Gasteiger partial charge in [-0.05, 0) is 51.8 Å². The molecule has 0 saturated heterocycles. The van der Waals surface area contributed by atoms with E-state index >= 15 is 0 Å². The number of benzene rings is 2. The van der Waals surface area contributed by atoms with E-state index in [4.69, 9.17) is 16.2 Å². The maximum atomic E-state index is 5.75. The summed E-state index contributed by atoms with van der Waals surface area (Å²) in [5, 5.41) is 7.28. The molecule has 4 N–H and O–H groups in total. The Morgan fingerprint density at radius 3 is 2.50 bits per heavy atom. The number of para-hydroxylation sites is 1. The Labute approximate surface area is 125 Å². The molecule has 0 saturated carbocycles. The lowest BCUT2D eigenvalue weighted by molar-refractivity contribution is 0.479. The maximum Gasteiger partial charge on any atom is 0.211 e. The molecule has 5 nitrogen and oxygen atoms in total. The standard InChI is InChI=1S/C14H13BrN4O/c15-12-8-10(9-18-19-14(16)17)6-7-13(12)20-11-4-2-1-3-5-11/h1-9H,(H4,16,17,19). The van der Waals surface area contributed by atoms with Gasteiger partial charge in [0.2, 0.25) is 5.96 Å². The van der Waals surface area contributed by atoms with Crippen LogP contribution < -0.4 is 16.2 Å². The van der Waals surface area contributed by atoms with Crippen LogP contribution in [0.4, 0.5) is 0 Å². The van der Waals surface area contributed by atoms with Crippen molar-refractivity contribution in [2.75, 3.05) is 0 Å². The summed E-state index contributed by atoms with van der Waals surface area (Å²) in [6.07, 6.45) is 1.55. The van der Waals surface area contributed by atoms with Crippen LogP contribution in [0.5, 0.6) is 11.5 Å². The van der Waals surface area contributed by atoms with Crippen molar-refractivity contribution in [3.63, 3.8) is 0 Å². The first-order valence-electron chi connectivity index (χ1n) is 5.79. The molecule has 2 aromatic carbocycles. The maximum absolute atomic E-state index is 5.75. The second kappa shape index (κ2) is 6.72. The minimum atomic E-state index is -0.0793. The van der Waals surface area contributed by atoms with E-state index in [1.165, 1.54) is 0 Å². The van der Waals surface area contributed by atoms with Crippen LogP contribution in [0.1, 0.15) is 5.56 Å². The fourth-order valence-corrected chi connectivity index (χ4v) is 1.94. The van der Waals surface area contributed by atoms with E-state index in [2.05, 4.69) is 26.1 Å². The van der Waals surface area contributed by atoms with Crippen LogP contribution in [-0.4, -0.2) is 12.2 Å². The molecule has 20 heavy (non-hydrogen) atoms. The van der Waals surface area contributed by atoms with Crippen molar-refractivity contribution in [2.45, 2.75) is 0 Å². The van der Waals surface area contributed by atoms with E-state index in [0.717, 1.165) is 21.5 Å². The monoisotopic (exact) mass is 332 g/mol. The molecule has 2 aromatic rings. The summed E-state index contributed by atoms with van der Waals surface area (Å²) in [7, 11) is 0. The Kier molecular flexibility index (Phi) is 4.73. The summed E-state index contributed by atoms with van der Waals surface area (Å²) < 4.78 is 6.56. The highest BCUT2D eigenvalue weighted by Crippen LogP contribution is 2.29. The molecule has 0 bridgehead atoms. The number of ether oxygens (including phenoxy) is 1. The molecule has 0 spiro atoms. The Morgan fingerprint density at radius 1 is 1.10 bits per heavy atom. The van der Waals surface area contributed by atoms with Crippen molar-refractivity contribution in [1.82, 2.24) is 0 Å². The molecular formula is C14H13BrN4O. The molecule has 0 heterocycles. The minimum Gasteiger partial charge on any atom is -0.456 e. The van der Waals surface area contributed by atoms with Crippen LogP contribution >= 0.6 is 15.9 Å². The van der Waals surface area contributed by atoms with Crippen LogP contribution in [-0.2, 0) is 0 Å². The zero-order chi connectivity index (χ0) is 14.4. The third kappa shape index (κ3) is 4.10. The normalized spacial score (nSPS) is 10.4. The first-order valence-corrected chi connectivity index (χ1v) is 6.59. The minimum absolute atomic E-state index is 0.0793. The highest BCUT2D eigenvalue weighted by Gasteiger charge is 2.03. The van der Waals surface area contributed by atoms with Crippen molar-refractivity contribution >= 4 is 28.1 Å². The lowest BCUT2D eigenvalue weighted by Crippen LogP contribution is -2.21. The van der Waals surface area contributed by atoms with E-state index in [-0.39, 0.29) is 5.96 Å². The molecule has 0 amide bonds. The van der Waals surface area contributed by atoms with Crippen molar-refractivity contribution in [3.8, 4) is 11.5 Å². The second-order valence-corrected chi connectivity index (χ2v) is 4.73. The third-order valence-electron chi connectivity index (χ3n) is 2.31. The molecule has 0 radical (unpaired) electrons. The average molecular weight is 333 g/mol. The van der Waals surface area contributed by atoms with E-state index in [9.17, 15) is 0 Å². The van der Waals surface area contributed by atoms with Gasteiger partial charge in [0.25, 0.3) is 0 Å². The molecule has 2 rings (SSSR count). The first-order chi connectivity index (χ1) is 9.65. The number of nitrogens with two attached hydrogens (primary N) is 2. The van der Waals surface area contributed by atoms with Gasteiger partial charge in [0.15, 0.2) is 0 Å². The van der Waals surface area contributed by atoms with Crippen LogP contribution in [0.25, 0.3) is 0 Å². The summed E-state index contributed by atoms with van der Waals surface area (Å²) in [6.45, 7) is 0. The summed E-state index contributed by atoms with van der Waals surface area (Å²) >= 11 is 3.45. The molecule has 0 aliphatic heterocycles. The van der Waals surface area contributed by atoms with Crippen molar-refractivity contribution in [1.29, 1.82) is 0 Å². The van der Waals surface area contributed by atoms with Crippen LogP contribution in [0.3, 0.4) is 0 Å². The molecule has 102 valence electrons. The van der Waals surface area contributed by atoms with E-state index in [1.807, 2.05) is 48.5 Å². The molecule has 6 heteroatoms. The molecule has 0 atom stereocenters. The lowest BCUT2D eigenvalue weighted by Gasteiger charge is -2.07. The van der Waals surface area contributed by atoms with Gasteiger partial charge in [0, 0.05) is 0 Å². The van der Waals surface area contributed by atoms with E-state index < -0.39 is 0 Å². The Hall–Kier alpha value is -2.34. The molecule has 0 aliphatic rings. The average Bonchev–Trinajstić information content (AvgIpc) is 2.42.